The van der Waals surface area contributed by atoms with Crippen LogP contribution in [0.25, 0.3) is 0 Å². The Morgan fingerprint density at radius 3 is 2.44 bits per heavy atom. The molecule has 182 valence electrons. The number of ether oxygens (including phenoxy) is 2. The average molecular weight is 468 g/mol. The summed E-state index contributed by atoms with van der Waals surface area (Å²) >= 11 is 0. The molecule has 0 bridgehead atoms. The van der Waals surface area contributed by atoms with Crippen LogP contribution in [0, 0.1) is 5.92 Å². The number of nitrogens with one attached hydrogen (secondary N) is 2. The molecule has 2 N–H and O–H groups in total. The molecule has 0 radical (unpaired) electrons. The van der Waals surface area contributed by atoms with E-state index in [-0.39, 0.29) is 23.6 Å². The monoisotopic (exact) mass is 467 g/mol. The molecule has 8 heteroatoms. The molecule has 34 heavy (non-hydrogen) atoms. The van der Waals surface area contributed by atoms with Crippen LogP contribution in [0.15, 0.2) is 54.6 Å². The van der Waals surface area contributed by atoms with Crippen LogP contribution in [-0.4, -0.2) is 69.1 Å². The highest BCUT2D eigenvalue weighted by Gasteiger charge is 2.34. The summed E-state index contributed by atoms with van der Waals surface area (Å²) in [7, 11) is 3.10. The number of rotatable bonds is 10. The maximum absolute atomic E-state index is 13.0. The summed E-state index contributed by atoms with van der Waals surface area (Å²) in [4.78, 5) is 40.5. The lowest BCUT2D eigenvalue weighted by Crippen LogP contribution is -2.54. The number of amides is 3. The minimum absolute atomic E-state index is 0.0752. The lowest BCUT2D eigenvalue weighted by Gasteiger charge is -2.36. The third-order valence-corrected chi connectivity index (χ3v) is 6.07. The van der Waals surface area contributed by atoms with Gasteiger partial charge in [0.05, 0.1) is 20.1 Å². The third kappa shape index (κ3) is 7.05. The predicted molar refractivity (Wildman–Crippen MR) is 129 cm³/mol. The van der Waals surface area contributed by atoms with Gasteiger partial charge in [-0.2, -0.15) is 0 Å². The molecule has 0 spiro atoms. The summed E-state index contributed by atoms with van der Waals surface area (Å²) in [6.07, 6.45) is 1.61. The van der Waals surface area contributed by atoms with Gasteiger partial charge < -0.3 is 25.0 Å². The van der Waals surface area contributed by atoms with Crippen LogP contribution in [0.3, 0.4) is 0 Å². The van der Waals surface area contributed by atoms with Gasteiger partial charge in [0, 0.05) is 32.3 Å². The zero-order chi connectivity index (χ0) is 24.3. The van der Waals surface area contributed by atoms with Gasteiger partial charge in [-0.1, -0.05) is 36.4 Å². The second-order valence-corrected chi connectivity index (χ2v) is 8.35. The first-order valence-electron chi connectivity index (χ1n) is 11.5. The third-order valence-electron chi connectivity index (χ3n) is 6.07. The largest absolute Gasteiger partial charge is 0.497 e. The molecule has 0 saturated carbocycles. The van der Waals surface area contributed by atoms with Gasteiger partial charge in [-0.3, -0.25) is 14.4 Å². The summed E-state index contributed by atoms with van der Waals surface area (Å²) in [6.45, 7) is 1.84. The Bertz CT molecular complexity index is 958. The molecule has 8 nitrogen and oxygen atoms in total. The maximum atomic E-state index is 13.0. The fourth-order valence-electron chi connectivity index (χ4n) is 4.14. The van der Waals surface area contributed by atoms with Crippen molar-refractivity contribution in [3.63, 3.8) is 0 Å². The van der Waals surface area contributed by atoms with Gasteiger partial charge in [-0.05, 0) is 42.5 Å². The first-order valence-corrected chi connectivity index (χ1v) is 11.5. The van der Waals surface area contributed by atoms with Gasteiger partial charge in [0.2, 0.25) is 11.8 Å². The molecule has 2 aromatic carbocycles. The molecule has 1 unspecified atom stereocenters. The van der Waals surface area contributed by atoms with E-state index in [0.717, 1.165) is 5.56 Å². The van der Waals surface area contributed by atoms with E-state index in [4.69, 9.17) is 9.47 Å². The van der Waals surface area contributed by atoms with Crippen molar-refractivity contribution >= 4 is 17.7 Å². The number of hydrogen-bond acceptors (Lipinski definition) is 5. The number of likely N-dealkylation sites (tertiary alicyclic amines) is 1. The Balaban J connectivity index is 1.64. The van der Waals surface area contributed by atoms with Crippen LogP contribution < -0.4 is 15.4 Å². The topological polar surface area (TPSA) is 97.0 Å². The number of carbonyl (C=O) groups is 3. The number of benzene rings is 2. The van der Waals surface area contributed by atoms with E-state index < -0.39 is 6.04 Å². The second kappa shape index (κ2) is 12.7. The normalized spacial score (nSPS) is 14.8. The molecule has 0 aliphatic carbocycles. The molecule has 2 aromatic rings. The number of piperidine rings is 1. The van der Waals surface area contributed by atoms with Crippen LogP contribution in [-0.2, 0) is 20.7 Å². The van der Waals surface area contributed by atoms with Crippen LogP contribution in [0.5, 0.6) is 5.75 Å². The molecule has 1 saturated heterocycles. The average Bonchev–Trinajstić information content (AvgIpc) is 2.88. The van der Waals surface area contributed by atoms with Crippen molar-refractivity contribution in [1.29, 1.82) is 0 Å². The smallest absolute Gasteiger partial charge is 0.252 e. The molecule has 1 aliphatic heterocycles. The second-order valence-electron chi connectivity index (χ2n) is 8.35. The van der Waals surface area contributed by atoms with Crippen molar-refractivity contribution < 1.29 is 23.9 Å². The molecule has 1 aliphatic rings. The fraction of sp³-hybridized carbons (Fsp3) is 0.423. The first-order chi connectivity index (χ1) is 16.5. The molecule has 3 amide bonds. The molecule has 1 atom stereocenters. The summed E-state index contributed by atoms with van der Waals surface area (Å²) in [5, 5.41) is 5.76. The summed E-state index contributed by atoms with van der Waals surface area (Å²) in [6, 6.07) is 15.8. The van der Waals surface area contributed by atoms with Crippen LogP contribution >= 0.6 is 0 Å². The van der Waals surface area contributed by atoms with Crippen molar-refractivity contribution in [1.82, 2.24) is 15.5 Å². The van der Waals surface area contributed by atoms with Crippen LogP contribution in [0.2, 0.25) is 0 Å². The lowest BCUT2D eigenvalue weighted by molar-refractivity contribution is -0.132. The fourth-order valence-corrected chi connectivity index (χ4v) is 4.14. The van der Waals surface area contributed by atoms with Gasteiger partial charge >= 0.3 is 0 Å². The standard InChI is InChI=1S/C26H33N3O5/c1-33-16-13-27-26(32)24(28-25(31)21-9-6-10-22(18-21)34-2)20-11-14-29(15-12-20)23(30)17-19-7-4-3-5-8-19/h3-10,18,20,24H,11-17H2,1-2H3,(H,27,32)(H,28,31). The van der Waals surface area contributed by atoms with Gasteiger partial charge in [-0.15, -0.1) is 0 Å². The first kappa shape index (κ1) is 25.2. The zero-order valence-electron chi connectivity index (χ0n) is 19.8. The maximum Gasteiger partial charge on any atom is 0.252 e. The number of nitrogens with zero attached hydrogens (tertiary/aromatic N) is 1. The molecule has 3 rings (SSSR count). The quantitative estimate of drug-likeness (QED) is 0.522. The Morgan fingerprint density at radius 2 is 1.76 bits per heavy atom. The highest BCUT2D eigenvalue weighted by atomic mass is 16.5. The highest BCUT2D eigenvalue weighted by Crippen LogP contribution is 2.23. The van der Waals surface area contributed by atoms with E-state index in [0.29, 0.717) is 56.8 Å². The van der Waals surface area contributed by atoms with Crippen LogP contribution in [0.4, 0.5) is 0 Å². The van der Waals surface area contributed by atoms with E-state index in [1.807, 2.05) is 35.2 Å². The summed E-state index contributed by atoms with van der Waals surface area (Å²) < 4.78 is 10.2. The van der Waals surface area contributed by atoms with Crippen molar-refractivity contribution in [2.45, 2.75) is 25.3 Å². The minimum Gasteiger partial charge on any atom is -0.497 e. The number of hydrogen-bond donors (Lipinski definition) is 2. The van der Waals surface area contributed by atoms with Crippen molar-refractivity contribution in [2.24, 2.45) is 5.92 Å². The van der Waals surface area contributed by atoms with Gasteiger partial charge in [0.15, 0.2) is 0 Å². The van der Waals surface area contributed by atoms with E-state index in [1.165, 1.54) is 7.11 Å². The predicted octanol–water partition coefficient (Wildman–Crippen LogP) is 2.04. The number of methoxy groups -OCH3 is 2. The van der Waals surface area contributed by atoms with E-state index >= 15 is 0 Å². The molecule has 1 heterocycles. The minimum atomic E-state index is -0.707. The molecule has 0 aromatic heterocycles. The Kier molecular flexibility index (Phi) is 9.46. The molecular formula is C26H33N3O5. The summed E-state index contributed by atoms with van der Waals surface area (Å²) in [5.41, 5.74) is 1.40. The highest BCUT2D eigenvalue weighted by molar-refractivity contribution is 5.98. The molecule has 1 fully saturated rings. The zero-order valence-corrected chi connectivity index (χ0v) is 19.8. The van der Waals surface area contributed by atoms with Gasteiger partial charge in [0.25, 0.3) is 5.91 Å². The van der Waals surface area contributed by atoms with Crippen molar-refractivity contribution in [3.8, 4) is 5.75 Å². The van der Waals surface area contributed by atoms with Crippen molar-refractivity contribution in [3.05, 3.63) is 65.7 Å². The Labute approximate surface area is 200 Å². The lowest BCUT2D eigenvalue weighted by atomic mass is 9.88. The Morgan fingerprint density at radius 1 is 1.03 bits per heavy atom. The van der Waals surface area contributed by atoms with E-state index in [2.05, 4.69) is 10.6 Å². The Hall–Kier alpha value is -3.39. The SMILES string of the molecule is COCCNC(=O)C(NC(=O)c1cccc(OC)c1)C1CCN(C(=O)Cc2ccccc2)CC1. The van der Waals surface area contributed by atoms with Gasteiger partial charge in [0.1, 0.15) is 11.8 Å². The number of carbonyl (C=O) groups excluding carboxylic acids is 3. The van der Waals surface area contributed by atoms with E-state index in [1.54, 1.807) is 31.4 Å². The van der Waals surface area contributed by atoms with E-state index in [9.17, 15) is 14.4 Å². The van der Waals surface area contributed by atoms with Gasteiger partial charge in [-0.25, -0.2) is 0 Å². The van der Waals surface area contributed by atoms with Crippen molar-refractivity contribution in [2.75, 3.05) is 40.5 Å². The summed E-state index contributed by atoms with van der Waals surface area (Å²) in [5.74, 6) is -0.0289. The molecular weight excluding hydrogens is 434 g/mol. The van der Waals surface area contributed by atoms with Crippen LogP contribution in [0.1, 0.15) is 28.8 Å².